The molecule has 0 aromatic heterocycles. The number of carbonyl (C=O) groups is 1. The maximum absolute atomic E-state index is 13.2. The average Bonchev–Trinajstić information content (AvgIpc) is 2.73. The first-order chi connectivity index (χ1) is 14.4. The quantitative estimate of drug-likeness (QED) is 0.451. The van der Waals surface area contributed by atoms with Gasteiger partial charge in [-0.25, -0.2) is 8.78 Å². The summed E-state index contributed by atoms with van der Waals surface area (Å²) in [5, 5.41) is 22.6. The summed E-state index contributed by atoms with van der Waals surface area (Å²) >= 11 is 0. The first kappa shape index (κ1) is 21.0. The predicted octanol–water partition coefficient (Wildman–Crippen LogP) is 5.63. The van der Waals surface area contributed by atoms with Crippen molar-refractivity contribution in [1.82, 2.24) is 0 Å². The second kappa shape index (κ2) is 9.69. The van der Waals surface area contributed by atoms with E-state index in [1.54, 1.807) is 36.4 Å². The van der Waals surface area contributed by atoms with Crippen LogP contribution in [0, 0.1) is 17.6 Å². The van der Waals surface area contributed by atoms with Crippen LogP contribution in [0.15, 0.2) is 78.9 Å². The van der Waals surface area contributed by atoms with Crippen LogP contribution in [0.1, 0.15) is 23.6 Å². The molecule has 3 aromatic rings. The fourth-order valence-electron chi connectivity index (χ4n) is 3.13. The Hall–Kier alpha value is -3.67. The van der Waals surface area contributed by atoms with Crippen LogP contribution in [0.25, 0.3) is 6.08 Å². The Balaban J connectivity index is 1.86. The lowest BCUT2D eigenvalue weighted by atomic mass is 9.89. The lowest BCUT2D eigenvalue weighted by Gasteiger charge is -2.26. The highest BCUT2D eigenvalue weighted by atomic mass is 19.1. The summed E-state index contributed by atoms with van der Waals surface area (Å²) in [5.74, 6) is -2.52. The first-order valence-electron chi connectivity index (χ1n) is 9.38. The van der Waals surface area contributed by atoms with Gasteiger partial charge in [-0.2, -0.15) is 0 Å². The molecule has 3 aromatic carbocycles. The van der Waals surface area contributed by atoms with Gasteiger partial charge in [-0.05, 0) is 66.1 Å². The van der Waals surface area contributed by atoms with Crippen LogP contribution < -0.4 is 5.32 Å². The summed E-state index contributed by atoms with van der Waals surface area (Å²) in [5.41, 5.74) is 2.00. The van der Waals surface area contributed by atoms with Gasteiger partial charge in [0.15, 0.2) is 0 Å². The summed E-state index contributed by atoms with van der Waals surface area (Å²) in [6.07, 6.45) is 3.67. The number of phenolic OH excluding ortho intramolecular Hbond substituents is 1. The zero-order valence-electron chi connectivity index (χ0n) is 16.0. The molecule has 2 atom stereocenters. The molecular formula is C24H21F2NO3. The number of benzene rings is 3. The number of nitrogens with one attached hydrogen (secondary N) is 1. The molecule has 154 valence electrons. The van der Waals surface area contributed by atoms with Crippen molar-refractivity contribution in [3.05, 3.63) is 102 Å². The van der Waals surface area contributed by atoms with Crippen LogP contribution in [0.4, 0.5) is 14.5 Å². The van der Waals surface area contributed by atoms with Crippen LogP contribution in [-0.4, -0.2) is 16.2 Å². The molecule has 4 nitrogen and oxygen atoms in total. The molecule has 0 saturated carbocycles. The van der Waals surface area contributed by atoms with Gasteiger partial charge in [0.25, 0.3) is 0 Å². The molecule has 0 radical (unpaired) electrons. The number of carboxylic acids is 1. The van der Waals surface area contributed by atoms with E-state index in [1.165, 1.54) is 48.5 Å². The van der Waals surface area contributed by atoms with Crippen molar-refractivity contribution in [2.24, 2.45) is 5.92 Å². The molecule has 0 aliphatic heterocycles. The maximum Gasteiger partial charge on any atom is 0.309 e. The van der Waals surface area contributed by atoms with Crippen LogP contribution in [0.3, 0.4) is 0 Å². The zero-order valence-corrected chi connectivity index (χ0v) is 16.0. The summed E-state index contributed by atoms with van der Waals surface area (Å²) in [6, 6.07) is 17.2. The number of hydrogen-bond acceptors (Lipinski definition) is 3. The number of allylic oxidation sites excluding steroid dienone is 1. The number of aliphatic carboxylic acids is 1. The minimum Gasteiger partial charge on any atom is -0.508 e. The number of anilines is 1. The Kier molecular flexibility index (Phi) is 6.80. The Bertz CT molecular complexity index is 1000. The third-order valence-corrected chi connectivity index (χ3v) is 4.71. The van der Waals surface area contributed by atoms with Crippen LogP contribution in [-0.2, 0) is 4.79 Å². The number of phenols is 1. The van der Waals surface area contributed by atoms with Crippen molar-refractivity contribution in [3.63, 3.8) is 0 Å². The van der Waals surface area contributed by atoms with Gasteiger partial charge in [0.05, 0.1) is 12.0 Å². The lowest BCUT2D eigenvalue weighted by Crippen LogP contribution is -2.27. The molecule has 0 spiro atoms. The maximum atomic E-state index is 13.2. The van der Waals surface area contributed by atoms with E-state index < -0.39 is 23.7 Å². The summed E-state index contributed by atoms with van der Waals surface area (Å²) in [4.78, 5) is 12.1. The molecule has 2 unspecified atom stereocenters. The number of hydrogen-bond donors (Lipinski definition) is 3. The summed E-state index contributed by atoms with van der Waals surface area (Å²) < 4.78 is 26.3. The number of rotatable bonds is 8. The smallest absolute Gasteiger partial charge is 0.309 e. The second-order valence-electron chi connectivity index (χ2n) is 6.85. The molecule has 30 heavy (non-hydrogen) atoms. The third-order valence-electron chi connectivity index (χ3n) is 4.71. The van der Waals surface area contributed by atoms with E-state index in [2.05, 4.69) is 5.32 Å². The van der Waals surface area contributed by atoms with Gasteiger partial charge < -0.3 is 15.5 Å². The van der Waals surface area contributed by atoms with Crippen molar-refractivity contribution in [2.75, 3.05) is 5.32 Å². The SMILES string of the molecule is O=C(O)C(CC=Cc1ccc(F)cc1)C(Nc1ccc(F)cc1)c1ccc(O)cc1. The topological polar surface area (TPSA) is 69.6 Å². The zero-order chi connectivity index (χ0) is 21.5. The summed E-state index contributed by atoms with van der Waals surface area (Å²) in [6.45, 7) is 0. The number of halogens is 2. The highest BCUT2D eigenvalue weighted by molar-refractivity contribution is 5.73. The fraction of sp³-hybridized carbons (Fsp3) is 0.125. The average molecular weight is 409 g/mol. The molecule has 0 aliphatic rings. The van der Waals surface area contributed by atoms with Crippen LogP contribution in [0.2, 0.25) is 0 Å². The molecule has 0 heterocycles. The van der Waals surface area contributed by atoms with Gasteiger partial charge in [-0.15, -0.1) is 0 Å². The van der Waals surface area contributed by atoms with Crippen LogP contribution >= 0.6 is 0 Å². The van der Waals surface area contributed by atoms with E-state index in [0.29, 0.717) is 11.3 Å². The van der Waals surface area contributed by atoms with Crippen molar-refractivity contribution in [3.8, 4) is 5.75 Å². The van der Waals surface area contributed by atoms with Gasteiger partial charge in [-0.3, -0.25) is 4.79 Å². The minimum atomic E-state index is -1.01. The van der Waals surface area contributed by atoms with Gasteiger partial charge >= 0.3 is 5.97 Å². The van der Waals surface area contributed by atoms with Gasteiger partial charge in [0, 0.05) is 5.69 Å². The van der Waals surface area contributed by atoms with E-state index >= 15 is 0 Å². The standard InChI is InChI=1S/C24H21F2NO3/c25-18-8-4-16(5-9-18)2-1-3-22(24(29)30)23(17-6-14-21(28)15-7-17)27-20-12-10-19(26)11-13-20/h1-2,4-15,22-23,27-28H,3H2,(H,29,30). The first-order valence-corrected chi connectivity index (χ1v) is 9.38. The van der Waals surface area contributed by atoms with E-state index in [4.69, 9.17) is 0 Å². The largest absolute Gasteiger partial charge is 0.508 e. The number of aromatic hydroxyl groups is 1. The second-order valence-corrected chi connectivity index (χ2v) is 6.85. The molecule has 0 fully saturated rings. The lowest BCUT2D eigenvalue weighted by molar-refractivity contribution is -0.142. The fourth-order valence-corrected chi connectivity index (χ4v) is 3.13. The van der Waals surface area contributed by atoms with E-state index in [0.717, 1.165) is 5.56 Å². The Morgan fingerprint density at radius 2 is 1.47 bits per heavy atom. The molecular weight excluding hydrogens is 388 g/mol. The molecule has 3 rings (SSSR count). The van der Waals surface area contributed by atoms with Crippen LogP contribution in [0.5, 0.6) is 5.75 Å². The predicted molar refractivity (Wildman–Crippen MR) is 112 cm³/mol. The highest BCUT2D eigenvalue weighted by Gasteiger charge is 2.28. The molecule has 0 amide bonds. The van der Waals surface area contributed by atoms with Gasteiger partial charge in [0.2, 0.25) is 0 Å². The monoisotopic (exact) mass is 409 g/mol. The van der Waals surface area contributed by atoms with E-state index in [-0.39, 0.29) is 18.0 Å². The van der Waals surface area contributed by atoms with E-state index in [1.807, 2.05) is 0 Å². The summed E-state index contributed by atoms with van der Waals surface area (Å²) in [7, 11) is 0. The van der Waals surface area contributed by atoms with Crippen molar-refractivity contribution >= 4 is 17.7 Å². The molecule has 0 aliphatic carbocycles. The number of carboxylic acid groups (broad SMARTS) is 1. The molecule has 0 saturated heterocycles. The molecule has 3 N–H and O–H groups in total. The van der Waals surface area contributed by atoms with Gasteiger partial charge in [0.1, 0.15) is 17.4 Å². The Morgan fingerprint density at radius 1 is 0.900 bits per heavy atom. The highest BCUT2D eigenvalue weighted by Crippen LogP contribution is 2.31. The normalized spacial score (nSPS) is 13.1. The van der Waals surface area contributed by atoms with Gasteiger partial charge in [-0.1, -0.05) is 36.4 Å². The van der Waals surface area contributed by atoms with E-state index in [9.17, 15) is 23.8 Å². The Labute approximate surface area is 173 Å². The van der Waals surface area contributed by atoms with Crippen molar-refractivity contribution in [1.29, 1.82) is 0 Å². The van der Waals surface area contributed by atoms with Crippen molar-refractivity contribution < 1.29 is 23.8 Å². The third kappa shape index (κ3) is 5.67. The molecule has 0 bridgehead atoms. The Morgan fingerprint density at radius 3 is 2.03 bits per heavy atom. The minimum absolute atomic E-state index is 0.0716. The molecule has 6 heteroatoms. The van der Waals surface area contributed by atoms with Crippen molar-refractivity contribution in [2.45, 2.75) is 12.5 Å².